The maximum absolute atomic E-state index is 13.3. The van der Waals surface area contributed by atoms with Crippen molar-refractivity contribution in [2.24, 2.45) is 0 Å². The number of ether oxygens (including phenoxy) is 3. The van der Waals surface area contributed by atoms with Crippen molar-refractivity contribution in [3.8, 4) is 11.5 Å². The molecule has 2 atom stereocenters. The van der Waals surface area contributed by atoms with E-state index in [1.807, 2.05) is 18.2 Å². The minimum absolute atomic E-state index is 0.0214. The van der Waals surface area contributed by atoms with E-state index in [1.165, 1.54) is 7.11 Å². The second kappa shape index (κ2) is 8.86. The predicted octanol–water partition coefficient (Wildman–Crippen LogP) is 3.49. The molecule has 1 N–H and O–H groups in total. The van der Waals surface area contributed by atoms with Crippen molar-refractivity contribution in [1.29, 1.82) is 0 Å². The quantitative estimate of drug-likeness (QED) is 0.723. The number of nitrogens with one attached hydrogen (secondary N) is 1. The minimum Gasteiger partial charge on any atom is -0.493 e. The average molecular weight is 435 g/mol. The summed E-state index contributed by atoms with van der Waals surface area (Å²) in [5, 5.41) is 2.93. The SMILES string of the molecule is COC(=O)c1ccc(C2CC(=O)NC3=C2C(=O)CC(c2ccc(OC)c(OC)c2)C3)cc1. The van der Waals surface area contributed by atoms with Crippen LogP contribution >= 0.6 is 0 Å². The highest BCUT2D eigenvalue weighted by Crippen LogP contribution is 2.43. The lowest BCUT2D eigenvalue weighted by Crippen LogP contribution is -2.38. The number of rotatable bonds is 5. The molecule has 2 aromatic rings. The van der Waals surface area contributed by atoms with Crippen LogP contribution < -0.4 is 14.8 Å². The van der Waals surface area contributed by atoms with Gasteiger partial charge in [0.1, 0.15) is 0 Å². The lowest BCUT2D eigenvalue weighted by Gasteiger charge is -2.34. The van der Waals surface area contributed by atoms with Crippen molar-refractivity contribution in [3.05, 3.63) is 70.4 Å². The maximum atomic E-state index is 13.3. The van der Waals surface area contributed by atoms with Gasteiger partial charge in [0.15, 0.2) is 17.3 Å². The van der Waals surface area contributed by atoms with E-state index < -0.39 is 5.97 Å². The Morgan fingerprint density at radius 2 is 1.56 bits per heavy atom. The van der Waals surface area contributed by atoms with Gasteiger partial charge in [-0.3, -0.25) is 9.59 Å². The predicted molar refractivity (Wildman–Crippen MR) is 117 cm³/mol. The molecule has 0 saturated carbocycles. The van der Waals surface area contributed by atoms with Crippen LogP contribution in [0.5, 0.6) is 11.5 Å². The third-order valence-electron chi connectivity index (χ3n) is 6.15. The van der Waals surface area contributed by atoms with Crippen LogP contribution in [0.4, 0.5) is 0 Å². The molecule has 0 saturated heterocycles. The molecule has 32 heavy (non-hydrogen) atoms. The lowest BCUT2D eigenvalue weighted by atomic mass is 9.73. The van der Waals surface area contributed by atoms with Gasteiger partial charge in [0, 0.05) is 30.0 Å². The molecule has 7 heteroatoms. The smallest absolute Gasteiger partial charge is 0.337 e. The first-order valence-electron chi connectivity index (χ1n) is 10.4. The molecular formula is C25H25NO6. The third-order valence-corrected chi connectivity index (χ3v) is 6.15. The molecule has 4 rings (SSSR count). The molecule has 1 aliphatic carbocycles. The molecule has 1 aliphatic heterocycles. The molecule has 166 valence electrons. The van der Waals surface area contributed by atoms with E-state index in [9.17, 15) is 14.4 Å². The van der Waals surface area contributed by atoms with Crippen LogP contribution in [0.2, 0.25) is 0 Å². The van der Waals surface area contributed by atoms with Gasteiger partial charge in [0.25, 0.3) is 0 Å². The second-order valence-corrected chi connectivity index (χ2v) is 7.95. The highest BCUT2D eigenvalue weighted by Gasteiger charge is 2.38. The van der Waals surface area contributed by atoms with Gasteiger partial charge >= 0.3 is 5.97 Å². The molecule has 1 heterocycles. The number of carbonyl (C=O) groups excluding carboxylic acids is 3. The Labute approximate surface area is 186 Å². The zero-order valence-corrected chi connectivity index (χ0v) is 18.3. The molecule has 1 amide bonds. The number of allylic oxidation sites excluding steroid dienone is 2. The van der Waals surface area contributed by atoms with Gasteiger partial charge in [-0.15, -0.1) is 0 Å². The number of ketones is 1. The fourth-order valence-electron chi connectivity index (χ4n) is 4.56. The normalized spacial score (nSPS) is 20.3. The summed E-state index contributed by atoms with van der Waals surface area (Å²) in [4.78, 5) is 37.5. The van der Waals surface area contributed by atoms with E-state index in [2.05, 4.69) is 5.32 Å². The lowest BCUT2D eigenvalue weighted by molar-refractivity contribution is -0.122. The van der Waals surface area contributed by atoms with E-state index in [0.717, 1.165) is 11.1 Å². The monoisotopic (exact) mass is 435 g/mol. The first kappa shape index (κ1) is 21.6. The van der Waals surface area contributed by atoms with Crippen LogP contribution in [0.15, 0.2) is 53.7 Å². The van der Waals surface area contributed by atoms with Crippen LogP contribution in [-0.2, 0) is 14.3 Å². The van der Waals surface area contributed by atoms with Crippen LogP contribution in [0.3, 0.4) is 0 Å². The first-order chi connectivity index (χ1) is 15.4. The number of hydrogen-bond acceptors (Lipinski definition) is 6. The summed E-state index contributed by atoms with van der Waals surface area (Å²) in [6.45, 7) is 0. The molecular weight excluding hydrogens is 410 g/mol. The number of amides is 1. The molecule has 2 unspecified atom stereocenters. The van der Waals surface area contributed by atoms with Crippen molar-refractivity contribution in [2.75, 3.05) is 21.3 Å². The number of methoxy groups -OCH3 is 3. The largest absolute Gasteiger partial charge is 0.493 e. The topological polar surface area (TPSA) is 90.9 Å². The van der Waals surface area contributed by atoms with Crippen molar-refractivity contribution in [2.45, 2.75) is 31.1 Å². The Bertz CT molecular complexity index is 1100. The Morgan fingerprint density at radius 1 is 0.875 bits per heavy atom. The zero-order chi connectivity index (χ0) is 22.8. The highest BCUT2D eigenvalue weighted by molar-refractivity contribution is 6.02. The van der Waals surface area contributed by atoms with Crippen molar-refractivity contribution in [3.63, 3.8) is 0 Å². The molecule has 0 aromatic heterocycles. The zero-order valence-electron chi connectivity index (χ0n) is 18.3. The molecule has 0 bridgehead atoms. The number of esters is 1. The Hall–Kier alpha value is -3.61. The Kier molecular flexibility index (Phi) is 5.99. The van der Waals surface area contributed by atoms with Crippen molar-refractivity contribution >= 4 is 17.7 Å². The standard InChI is InChI=1S/C25H25NO6/c1-30-21-9-8-16(12-22(21)31-2)17-10-19-24(20(27)11-17)18(13-23(28)26-19)14-4-6-15(7-5-14)25(29)32-3/h4-9,12,17-18H,10-11,13H2,1-3H3,(H,26,28). The summed E-state index contributed by atoms with van der Waals surface area (Å²) in [5.41, 5.74) is 3.56. The summed E-state index contributed by atoms with van der Waals surface area (Å²) in [5.74, 6) is 0.309. The van der Waals surface area contributed by atoms with E-state index in [0.29, 0.717) is 41.2 Å². The number of hydrogen-bond donors (Lipinski definition) is 1. The van der Waals surface area contributed by atoms with E-state index in [1.54, 1.807) is 38.5 Å². The van der Waals surface area contributed by atoms with Crippen molar-refractivity contribution < 1.29 is 28.6 Å². The Morgan fingerprint density at radius 3 is 2.22 bits per heavy atom. The molecule has 2 aromatic carbocycles. The molecule has 2 aliphatic rings. The summed E-state index contributed by atoms with van der Waals surface area (Å²) < 4.78 is 15.5. The van der Waals surface area contributed by atoms with E-state index in [-0.39, 0.29) is 29.9 Å². The molecule has 0 fully saturated rings. The van der Waals surface area contributed by atoms with Gasteiger partial charge < -0.3 is 19.5 Å². The number of Topliss-reactive ketones (excluding diaryl/α,β-unsaturated/α-hetero) is 1. The summed E-state index contributed by atoms with van der Waals surface area (Å²) in [6, 6.07) is 12.5. The van der Waals surface area contributed by atoms with Crippen LogP contribution in [-0.4, -0.2) is 39.0 Å². The van der Waals surface area contributed by atoms with E-state index in [4.69, 9.17) is 14.2 Å². The average Bonchev–Trinajstić information content (AvgIpc) is 2.82. The van der Waals surface area contributed by atoms with Gasteiger partial charge in [0.05, 0.1) is 26.9 Å². The van der Waals surface area contributed by atoms with Crippen LogP contribution in [0, 0.1) is 0 Å². The maximum Gasteiger partial charge on any atom is 0.337 e. The van der Waals surface area contributed by atoms with Gasteiger partial charge in [-0.25, -0.2) is 4.79 Å². The third kappa shape index (κ3) is 3.98. The second-order valence-electron chi connectivity index (χ2n) is 7.95. The molecule has 0 spiro atoms. The molecule has 0 radical (unpaired) electrons. The fraction of sp³-hybridized carbons (Fsp3) is 0.320. The van der Waals surface area contributed by atoms with Gasteiger partial charge in [-0.1, -0.05) is 18.2 Å². The molecule has 7 nitrogen and oxygen atoms in total. The fourth-order valence-corrected chi connectivity index (χ4v) is 4.56. The minimum atomic E-state index is -0.427. The summed E-state index contributed by atoms with van der Waals surface area (Å²) in [7, 11) is 4.48. The number of carbonyl (C=O) groups is 3. The summed E-state index contributed by atoms with van der Waals surface area (Å²) >= 11 is 0. The summed E-state index contributed by atoms with van der Waals surface area (Å²) in [6.07, 6.45) is 1.10. The number of benzene rings is 2. The first-order valence-corrected chi connectivity index (χ1v) is 10.4. The van der Waals surface area contributed by atoms with Crippen molar-refractivity contribution in [1.82, 2.24) is 5.32 Å². The van der Waals surface area contributed by atoms with Crippen LogP contribution in [0.1, 0.15) is 52.6 Å². The van der Waals surface area contributed by atoms with E-state index >= 15 is 0 Å². The Balaban J connectivity index is 1.65. The van der Waals surface area contributed by atoms with Crippen LogP contribution in [0.25, 0.3) is 0 Å². The van der Waals surface area contributed by atoms with Gasteiger partial charge in [0.2, 0.25) is 5.91 Å². The van der Waals surface area contributed by atoms with Gasteiger partial charge in [-0.2, -0.15) is 0 Å². The van der Waals surface area contributed by atoms with Gasteiger partial charge in [-0.05, 0) is 47.7 Å². The highest BCUT2D eigenvalue weighted by atomic mass is 16.5.